The van der Waals surface area contributed by atoms with Gasteiger partial charge in [0.25, 0.3) is 0 Å². The highest BCUT2D eigenvalue weighted by Crippen LogP contribution is 2.35. The molecule has 4 rings (SSSR count). The van der Waals surface area contributed by atoms with Crippen LogP contribution in [-0.4, -0.2) is 42.2 Å². The third kappa shape index (κ3) is 5.88. The van der Waals surface area contributed by atoms with Gasteiger partial charge in [-0.3, -0.25) is 0 Å². The van der Waals surface area contributed by atoms with Crippen molar-refractivity contribution in [1.82, 2.24) is 9.88 Å². The number of para-hydroxylation sites is 2. The highest BCUT2D eigenvalue weighted by atomic mass is 16.5. The number of nitrogens with one attached hydrogen (secondary N) is 3. The molecule has 6 heteroatoms. The van der Waals surface area contributed by atoms with Crippen LogP contribution in [0.4, 0.5) is 16.2 Å². The number of carbonyl (C=O) groups is 1. The van der Waals surface area contributed by atoms with Gasteiger partial charge in [-0.2, -0.15) is 0 Å². The summed E-state index contributed by atoms with van der Waals surface area (Å²) in [7, 11) is 0. The third-order valence-electron chi connectivity index (χ3n) is 6.13. The van der Waals surface area contributed by atoms with Gasteiger partial charge in [0.15, 0.2) is 0 Å². The largest absolute Gasteiger partial charge is 0.492 e. The molecule has 0 aliphatic carbocycles. The Balaban J connectivity index is 1.44. The summed E-state index contributed by atoms with van der Waals surface area (Å²) in [5.74, 6) is 1.20. The van der Waals surface area contributed by atoms with E-state index in [0.29, 0.717) is 29.4 Å². The van der Waals surface area contributed by atoms with Crippen molar-refractivity contribution in [1.29, 1.82) is 0 Å². The smallest absolute Gasteiger partial charge is 0.323 e. The summed E-state index contributed by atoms with van der Waals surface area (Å²) < 4.78 is 5.60. The van der Waals surface area contributed by atoms with Crippen molar-refractivity contribution in [2.24, 2.45) is 5.41 Å². The summed E-state index contributed by atoms with van der Waals surface area (Å²) in [6.07, 6.45) is 4.47. The second-order valence-electron chi connectivity index (χ2n) is 10.1. The van der Waals surface area contributed by atoms with E-state index in [1.165, 1.54) is 10.9 Å². The third-order valence-corrected chi connectivity index (χ3v) is 6.13. The molecule has 1 aromatic heterocycles. The minimum atomic E-state index is -0.283. The molecule has 33 heavy (non-hydrogen) atoms. The molecule has 2 aromatic carbocycles. The van der Waals surface area contributed by atoms with Crippen LogP contribution in [0.25, 0.3) is 10.9 Å². The molecule has 1 aliphatic heterocycles. The predicted molar refractivity (Wildman–Crippen MR) is 136 cm³/mol. The molecule has 0 spiro atoms. The molecule has 3 N–H and O–H groups in total. The van der Waals surface area contributed by atoms with Crippen molar-refractivity contribution in [3.8, 4) is 5.75 Å². The van der Waals surface area contributed by atoms with E-state index in [1.807, 2.05) is 43.3 Å². The molecule has 0 radical (unpaired) electrons. The zero-order valence-corrected chi connectivity index (χ0v) is 20.2. The molecule has 1 saturated heterocycles. The number of anilines is 2. The number of carbonyl (C=O) groups excluding carboxylic acids is 1. The first-order chi connectivity index (χ1) is 15.8. The second kappa shape index (κ2) is 9.87. The van der Waals surface area contributed by atoms with Gasteiger partial charge in [0.2, 0.25) is 0 Å². The fraction of sp³-hybridized carbons (Fsp3) is 0.444. The van der Waals surface area contributed by atoms with Crippen LogP contribution in [0.15, 0.2) is 48.7 Å². The maximum Gasteiger partial charge on any atom is 0.323 e. The number of benzene rings is 2. The molecule has 6 nitrogen and oxygen atoms in total. The quantitative estimate of drug-likeness (QED) is 0.407. The number of H-pyrrole nitrogens is 1. The van der Waals surface area contributed by atoms with Crippen LogP contribution in [0.5, 0.6) is 5.75 Å². The van der Waals surface area contributed by atoms with Gasteiger partial charge in [-0.15, -0.1) is 0 Å². The number of hydrogen-bond acceptors (Lipinski definition) is 3. The number of aromatic amines is 1. The standard InChI is InChI=1S/C27H36N4O2/c1-5-33-25-9-7-6-8-24(25)30-26(32)29-20-10-11-23-21(16-20)22(17-28-23)19-12-14-31(15-13-19)18-27(2,3)4/h6-11,16-17,19,28H,5,12-15,18H2,1-4H3,(H2,29,30,32). The Hall–Kier alpha value is -2.99. The number of amides is 2. The lowest BCUT2D eigenvalue weighted by molar-refractivity contribution is 0.154. The molecule has 176 valence electrons. The molecule has 3 aromatic rings. The fourth-order valence-electron chi connectivity index (χ4n) is 4.77. The first-order valence-corrected chi connectivity index (χ1v) is 12.0. The Morgan fingerprint density at radius 3 is 2.61 bits per heavy atom. The van der Waals surface area contributed by atoms with Crippen LogP contribution in [-0.2, 0) is 0 Å². The van der Waals surface area contributed by atoms with Crippen molar-refractivity contribution >= 4 is 28.3 Å². The average molecular weight is 449 g/mol. The Morgan fingerprint density at radius 1 is 1.12 bits per heavy atom. The Bertz CT molecular complexity index is 1090. The lowest BCUT2D eigenvalue weighted by Gasteiger charge is -2.36. The van der Waals surface area contributed by atoms with Crippen molar-refractivity contribution < 1.29 is 9.53 Å². The van der Waals surface area contributed by atoms with Crippen LogP contribution in [0, 0.1) is 5.41 Å². The predicted octanol–water partition coefficient (Wildman–Crippen LogP) is 6.44. The van der Waals surface area contributed by atoms with Crippen molar-refractivity contribution in [3.63, 3.8) is 0 Å². The van der Waals surface area contributed by atoms with Crippen LogP contribution in [0.3, 0.4) is 0 Å². The topological polar surface area (TPSA) is 69.4 Å². The normalized spacial score (nSPS) is 15.5. The molecule has 0 unspecified atom stereocenters. The van der Waals surface area contributed by atoms with E-state index in [0.717, 1.165) is 43.7 Å². The number of ether oxygens (including phenoxy) is 1. The lowest BCUT2D eigenvalue weighted by Crippen LogP contribution is -2.38. The van der Waals surface area contributed by atoms with Gasteiger partial charge in [-0.1, -0.05) is 32.9 Å². The van der Waals surface area contributed by atoms with Crippen LogP contribution >= 0.6 is 0 Å². The minimum Gasteiger partial charge on any atom is -0.492 e. The Kier molecular flexibility index (Phi) is 6.94. The number of likely N-dealkylation sites (tertiary alicyclic amines) is 1. The van der Waals surface area contributed by atoms with Gasteiger partial charge in [0.1, 0.15) is 5.75 Å². The minimum absolute atomic E-state index is 0.283. The number of fused-ring (bicyclic) bond motifs is 1. The summed E-state index contributed by atoms with van der Waals surface area (Å²) in [4.78, 5) is 18.7. The van der Waals surface area contributed by atoms with Gasteiger partial charge in [-0.25, -0.2) is 4.79 Å². The molecule has 0 saturated carbocycles. The number of rotatable bonds is 6. The molecular formula is C27H36N4O2. The van der Waals surface area contributed by atoms with Crippen molar-refractivity contribution in [2.45, 2.75) is 46.5 Å². The van der Waals surface area contributed by atoms with Gasteiger partial charge in [0, 0.05) is 29.3 Å². The van der Waals surface area contributed by atoms with Crippen LogP contribution < -0.4 is 15.4 Å². The molecule has 1 aliphatic rings. The van der Waals surface area contributed by atoms with E-state index in [1.54, 1.807) is 0 Å². The molecule has 2 heterocycles. The summed E-state index contributed by atoms with van der Waals surface area (Å²) >= 11 is 0. The Morgan fingerprint density at radius 2 is 1.88 bits per heavy atom. The monoisotopic (exact) mass is 448 g/mol. The number of nitrogens with zero attached hydrogens (tertiary/aromatic N) is 1. The van der Waals surface area contributed by atoms with Gasteiger partial charge in [0.05, 0.1) is 12.3 Å². The van der Waals surface area contributed by atoms with Gasteiger partial charge in [-0.05, 0) is 80.1 Å². The average Bonchev–Trinajstić information content (AvgIpc) is 3.18. The van der Waals surface area contributed by atoms with Crippen molar-refractivity contribution in [3.05, 3.63) is 54.2 Å². The molecule has 0 bridgehead atoms. The SMILES string of the molecule is CCOc1ccccc1NC(=O)Nc1ccc2[nH]cc(C3CCN(CC(C)(C)C)CC3)c2c1. The first-order valence-electron chi connectivity index (χ1n) is 12.0. The molecule has 2 amide bonds. The Labute approximate surface area is 196 Å². The summed E-state index contributed by atoms with van der Waals surface area (Å²) in [5.41, 5.74) is 4.22. The van der Waals surface area contributed by atoms with E-state index in [4.69, 9.17) is 4.74 Å². The second-order valence-corrected chi connectivity index (χ2v) is 10.1. The number of piperidine rings is 1. The lowest BCUT2D eigenvalue weighted by atomic mass is 9.87. The molecule has 1 fully saturated rings. The highest BCUT2D eigenvalue weighted by Gasteiger charge is 2.25. The molecular weight excluding hydrogens is 412 g/mol. The van der Waals surface area contributed by atoms with E-state index in [2.05, 4.69) is 53.6 Å². The molecule has 0 atom stereocenters. The van der Waals surface area contributed by atoms with Gasteiger partial charge >= 0.3 is 6.03 Å². The van der Waals surface area contributed by atoms with Crippen molar-refractivity contribution in [2.75, 3.05) is 36.9 Å². The van der Waals surface area contributed by atoms with Crippen LogP contribution in [0.2, 0.25) is 0 Å². The van der Waals surface area contributed by atoms with E-state index < -0.39 is 0 Å². The summed E-state index contributed by atoms with van der Waals surface area (Å²) in [5, 5.41) is 7.07. The van der Waals surface area contributed by atoms with E-state index in [9.17, 15) is 4.79 Å². The zero-order chi connectivity index (χ0) is 23.4. The maximum atomic E-state index is 12.7. The maximum absolute atomic E-state index is 12.7. The number of hydrogen-bond donors (Lipinski definition) is 3. The highest BCUT2D eigenvalue weighted by molar-refractivity contribution is 6.02. The van der Waals surface area contributed by atoms with E-state index >= 15 is 0 Å². The summed E-state index contributed by atoms with van der Waals surface area (Å²) in [6.45, 7) is 12.8. The van der Waals surface area contributed by atoms with Crippen LogP contribution in [0.1, 0.15) is 52.0 Å². The van der Waals surface area contributed by atoms with E-state index in [-0.39, 0.29) is 6.03 Å². The first kappa shape index (κ1) is 23.2. The number of aromatic nitrogens is 1. The van der Waals surface area contributed by atoms with Gasteiger partial charge < -0.3 is 25.3 Å². The zero-order valence-electron chi connectivity index (χ0n) is 20.2. The summed E-state index contributed by atoms with van der Waals surface area (Å²) in [6, 6.07) is 13.2. The fourth-order valence-corrected chi connectivity index (χ4v) is 4.77. The number of urea groups is 1.